The van der Waals surface area contributed by atoms with Crippen molar-refractivity contribution in [1.29, 1.82) is 0 Å². The predicted octanol–water partition coefficient (Wildman–Crippen LogP) is 0.880. The van der Waals surface area contributed by atoms with Crippen molar-refractivity contribution in [1.82, 2.24) is 0 Å². The number of hydrogen-bond donors (Lipinski definition) is 3. The van der Waals surface area contributed by atoms with Gasteiger partial charge in [-0.05, 0) is 23.9 Å². The number of aryl methyl sites for hydroxylation is 1. The molecule has 4 nitrogen and oxygen atoms in total. The van der Waals surface area contributed by atoms with Gasteiger partial charge < -0.3 is 16.2 Å². The number of rotatable bonds is 4. The van der Waals surface area contributed by atoms with Crippen molar-refractivity contribution in [3.63, 3.8) is 0 Å². The van der Waals surface area contributed by atoms with Crippen LogP contribution < -0.4 is 11.1 Å². The summed E-state index contributed by atoms with van der Waals surface area (Å²) < 4.78 is 0. The number of aliphatic carboxylic acids is 1. The first-order valence-corrected chi connectivity index (χ1v) is 4.75. The van der Waals surface area contributed by atoms with Gasteiger partial charge in [0.25, 0.3) is 0 Å². The van der Waals surface area contributed by atoms with E-state index in [2.05, 4.69) is 5.32 Å². The van der Waals surface area contributed by atoms with Crippen LogP contribution in [0.5, 0.6) is 0 Å². The van der Waals surface area contributed by atoms with E-state index in [9.17, 15) is 4.79 Å². The molecule has 0 aliphatic rings. The molecule has 13 heavy (non-hydrogen) atoms. The number of hydrogen-bond acceptors (Lipinski definition) is 4. The number of nitrogens with two attached hydrogens (primary N) is 1. The molecule has 72 valence electrons. The Morgan fingerprint density at radius 2 is 2.54 bits per heavy atom. The summed E-state index contributed by atoms with van der Waals surface area (Å²) in [6, 6.07) is 1.13. The van der Waals surface area contributed by atoms with Gasteiger partial charge in [-0.1, -0.05) is 0 Å². The van der Waals surface area contributed by atoms with Crippen LogP contribution in [0.4, 0.5) is 5.00 Å². The summed E-state index contributed by atoms with van der Waals surface area (Å²) in [5.74, 6) is -0.985. The fourth-order valence-electron chi connectivity index (χ4n) is 0.844. The fourth-order valence-corrected chi connectivity index (χ4v) is 1.67. The van der Waals surface area contributed by atoms with Gasteiger partial charge >= 0.3 is 5.97 Å². The van der Waals surface area contributed by atoms with Gasteiger partial charge in [0.2, 0.25) is 0 Å². The van der Waals surface area contributed by atoms with Crippen molar-refractivity contribution in [2.45, 2.75) is 13.0 Å². The maximum Gasteiger partial charge on any atom is 0.322 e. The van der Waals surface area contributed by atoms with Crippen molar-refractivity contribution in [2.75, 3.05) is 11.9 Å². The zero-order valence-electron chi connectivity index (χ0n) is 7.28. The third-order valence-electron chi connectivity index (χ3n) is 1.66. The lowest BCUT2D eigenvalue weighted by Gasteiger charge is -2.08. The molecular formula is C8H12N2O2S. The lowest BCUT2D eigenvalue weighted by atomic mass is 10.3. The average molecular weight is 200 g/mol. The molecule has 0 radical (unpaired) electrons. The zero-order valence-corrected chi connectivity index (χ0v) is 8.10. The van der Waals surface area contributed by atoms with Gasteiger partial charge in [-0.2, -0.15) is 0 Å². The molecule has 0 fully saturated rings. The Balaban J connectivity index is 2.44. The summed E-state index contributed by atoms with van der Waals surface area (Å²) in [6.07, 6.45) is 0. The van der Waals surface area contributed by atoms with Gasteiger partial charge in [-0.3, -0.25) is 4.79 Å². The molecule has 1 heterocycles. The predicted molar refractivity (Wildman–Crippen MR) is 53.2 cm³/mol. The zero-order chi connectivity index (χ0) is 9.84. The van der Waals surface area contributed by atoms with Crippen LogP contribution in [-0.2, 0) is 4.79 Å². The second-order valence-corrected chi connectivity index (χ2v) is 3.67. The summed E-state index contributed by atoms with van der Waals surface area (Å²) in [4.78, 5) is 10.4. The largest absolute Gasteiger partial charge is 0.480 e. The van der Waals surface area contributed by atoms with E-state index >= 15 is 0 Å². The molecule has 5 heteroatoms. The van der Waals surface area contributed by atoms with Crippen LogP contribution in [-0.4, -0.2) is 23.7 Å². The number of carboxylic acid groups (broad SMARTS) is 1. The molecule has 0 amide bonds. The van der Waals surface area contributed by atoms with Crippen molar-refractivity contribution in [3.05, 3.63) is 17.0 Å². The molecule has 4 N–H and O–H groups in total. The number of carboxylic acids is 1. The third-order valence-corrected chi connectivity index (χ3v) is 2.64. The van der Waals surface area contributed by atoms with E-state index in [-0.39, 0.29) is 6.54 Å². The molecule has 0 aromatic carbocycles. The van der Waals surface area contributed by atoms with E-state index in [1.54, 1.807) is 11.3 Å². The number of carbonyl (C=O) groups is 1. The second kappa shape index (κ2) is 4.25. The SMILES string of the molecule is Cc1ccsc1NCC(N)C(=O)O. The van der Waals surface area contributed by atoms with Crippen LogP contribution in [0.3, 0.4) is 0 Å². The van der Waals surface area contributed by atoms with Gasteiger partial charge in [-0.25, -0.2) is 0 Å². The lowest BCUT2D eigenvalue weighted by Crippen LogP contribution is -2.36. The lowest BCUT2D eigenvalue weighted by molar-refractivity contribution is -0.138. The summed E-state index contributed by atoms with van der Waals surface area (Å²) in [6.45, 7) is 2.22. The first-order chi connectivity index (χ1) is 6.11. The van der Waals surface area contributed by atoms with Gasteiger partial charge in [-0.15, -0.1) is 11.3 Å². The van der Waals surface area contributed by atoms with Crippen LogP contribution in [0.15, 0.2) is 11.4 Å². The highest BCUT2D eigenvalue weighted by Crippen LogP contribution is 2.21. The van der Waals surface area contributed by atoms with Crippen LogP contribution in [0.1, 0.15) is 5.56 Å². The molecular weight excluding hydrogens is 188 g/mol. The summed E-state index contributed by atoms with van der Waals surface area (Å²) >= 11 is 1.54. The monoisotopic (exact) mass is 200 g/mol. The Labute approximate surface area is 80.4 Å². The Bertz CT molecular complexity index is 298. The summed E-state index contributed by atoms with van der Waals surface area (Å²) in [7, 11) is 0. The van der Waals surface area contributed by atoms with Crippen molar-refractivity contribution in [2.24, 2.45) is 5.73 Å². The normalized spacial score (nSPS) is 12.5. The van der Waals surface area contributed by atoms with E-state index in [4.69, 9.17) is 10.8 Å². The molecule has 1 aromatic rings. The number of thiophene rings is 1. The summed E-state index contributed by atoms with van der Waals surface area (Å²) in [5, 5.41) is 14.4. The Kier molecular flexibility index (Phi) is 3.27. The third kappa shape index (κ3) is 2.71. The number of nitrogens with one attached hydrogen (secondary N) is 1. The van der Waals surface area contributed by atoms with Crippen LogP contribution in [0.25, 0.3) is 0 Å². The molecule has 1 unspecified atom stereocenters. The topological polar surface area (TPSA) is 75.3 Å². The molecule has 0 spiro atoms. The molecule has 0 bridgehead atoms. The molecule has 1 aromatic heterocycles. The minimum atomic E-state index is -0.985. The Hall–Kier alpha value is -1.07. The molecule has 1 rings (SSSR count). The van der Waals surface area contributed by atoms with E-state index < -0.39 is 12.0 Å². The van der Waals surface area contributed by atoms with E-state index in [1.165, 1.54) is 0 Å². The minimum absolute atomic E-state index is 0.261. The van der Waals surface area contributed by atoms with Gasteiger partial charge in [0.1, 0.15) is 6.04 Å². The molecule has 0 aliphatic carbocycles. The quantitative estimate of drug-likeness (QED) is 0.674. The second-order valence-electron chi connectivity index (χ2n) is 2.76. The Morgan fingerprint density at radius 1 is 1.85 bits per heavy atom. The Morgan fingerprint density at radius 3 is 3.00 bits per heavy atom. The minimum Gasteiger partial charge on any atom is -0.480 e. The van der Waals surface area contributed by atoms with E-state index in [0.717, 1.165) is 10.6 Å². The van der Waals surface area contributed by atoms with Gasteiger partial charge in [0.05, 0.1) is 5.00 Å². The van der Waals surface area contributed by atoms with Gasteiger partial charge in [0.15, 0.2) is 0 Å². The highest BCUT2D eigenvalue weighted by Gasteiger charge is 2.11. The smallest absolute Gasteiger partial charge is 0.322 e. The highest BCUT2D eigenvalue weighted by atomic mass is 32.1. The van der Waals surface area contributed by atoms with E-state index in [1.807, 2.05) is 18.4 Å². The standard InChI is InChI=1S/C8H12N2O2S/c1-5-2-3-13-7(5)10-4-6(9)8(11)12/h2-3,6,10H,4,9H2,1H3,(H,11,12). The van der Waals surface area contributed by atoms with Crippen molar-refractivity contribution in [3.8, 4) is 0 Å². The molecule has 0 aliphatic heterocycles. The molecule has 1 atom stereocenters. The first-order valence-electron chi connectivity index (χ1n) is 3.87. The number of anilines is 1. The van der Waals surface area contributed by atoms with Crippen LogP contribution in [0.2, 0.25) is 0 Å². The maximum absolute atomic E-state index is 10.4. The van der Waals surface area contributed by atoms with E-state index in [0.29, 0.717) is 0 Å². The fraction of sp³-hybridized carbons (Fsp3) is 0.375. The van der Waals surface area contributed by atoms with Gasteiger partial charge in [0, 0.05) is 6.54 Å². The van der Waals surface area contributed by atoms with Crippen LogP contribution in [0, 0.1) is 6.92 Å². The summed E-state index contributed by atoms with van der Waals surface area (Å²) in [5.41, 5.74) is 6.44. The van der Waals surface area contributed by atoms with Crippen molar-refractivity contribution >= 4 is 22.3 Å². The van der Waals surface area contributed by atoms with Crippen molar-refractivity contribution < 1.29 is 9.90 Å². The van der Waals surface area contributed by atoms with Crippen LogP contribution >= 0.6 is 11.3 Å². The molecule has 0 saturated heterocycles. The molecule has 0 saturated carbocycles. The first kappa shape index (κ1) is 10.0. The highest BCUT2D eigenvalue weighted by molar-refractivity contribution is 7.14. The average Bonchev–Trinajstić information content (AvgIpc) is 2.47. The maximum atomic E-state index is 10.4.